The van der Waals surface area contributed by atoms with E-state index in [2.05, 4.69) is 11.2 Å². The van der Waals surface area contributed by atoms with E-state index in [4.69, 9.17) is 15.9 Å². The molecule has 0 fully saturated rings. The van der Waals surface area contributed by atoms with Gasteiger partial charge in [-0.3, -0.25) is 0 Å². The van der Waals surface area contributed by atoms with E-state index in [0.717, 1.165) is 11.1 Å². The fourth-order valence-electron chi connectivity index (χ4n) is 1.65. The maximum absolute atomic E-state index is 11.8. The van der Waals surface area contributed by atoms with Gasteiger partial charge in [-0.15, -0.1) is 6.42 Å². The molecule has 0 saturated heterocycles. The van der Waals surface area contributed by atoms with Gasteiger partial charge in [-0.2, -0.15) is 0 Å². The first kappa shape index (κ1) is 16.1. The van der Waals surface area contributed by atoms with Crippen molar-refractivity contribution < 1.29 is 14.3 Å². The van der Waals surface area contributed by atoms with Crippen LogP contribution < -0.4 is 5.32 Å². The number of hydrogen-bond donors (Lipinski definition) is 1. The van der Waals surface area contributed by atoms with Crippen LogP contribution in [0.15, 0.2) is 24.3 Å². The van der Waals surface area contributed by atoms with Gasteiger partial charge >= 0.3 is 6.09 Å². The lowest BCUT2D eigenvalue weighted by atomic mass is 10.1. The summed E-state index contributed by atoms with van der Waals surface area (Å²) in [5.74, 6) is 2.55. The third kappa shape index (κ3) is 5.33. The molecule has 0 unspecified atom stereocenters. The molecule has 0 heterocycles. The van der Waals surface area contributed by atoms with E-state index in [-0.39, 0.29) is 6.04 Å². The molecule has 1 aromatic carbocycles. The quantitative estimate of drug-likeness (QED) is 0.859. The third-order valence-electron chi connectivity index (χ3n) is 2.50. The van der Waals surface area contributed by atoms with E-state index in [1.165, 1.54) is 0 Å². The molecule has 108 valence electrons. The first-order valence-electron chi connectivity index (χ1n) is 6.40. The highest BCUT2D eigenvalue weighted by Gasteiger charge is 2.20. The van der Waals surface area contributed by atoms with Gasteiger partial charge in [0.1, 0.15) is 5.60 Å². The summed E-state index contributed by atoms with van der Waals surface area (Å²) in [5.41, 5.74) is 1.17. The molecule has 0 aromatic heterocycles. The lowest BCUT2D eigenvalue weighted by molar-refractivity contribution is 0.0468. The summed E-state index contributed by atoms with van der Waals surface area (Å²) in [6.07, 6.45) is 4.85. The van der Waals surface area contributed by atoms with Crippen LogP contribution in [-0.2, 0) is 9.47 Å². The van der Waals surface area contributed by atoms with E-state index < -0.39 is 11.7 Å². The van der Waals surface area contributed by atoms with Crippen LogP contribution in [0.25, 0.3) is 0 Å². The Labute approximate surface area is 120 Å². The number of rotatable bonds is 4. The summed E-state index contributed by atoms with van der Waals surface area (Å²) in [4.78, 5) is 11.8. The summed E-state index contributed by atoms with van der Waals surface area (Å²) in [6, 6.07) is 7.12. The van der Waals surface area contributed by atoms with Crippen molar-refractivity contribution in [3.63, 3.8) is 0 Å². The minimum absolute atomic E-state index is 0.276. The van der Waals surface area contributed by atoms with Crippen LogP contribution in [0.2, 0.25) is 0 Å². The predicted molar refractivity (Wildman–Crippen MR) is 78.4 cm³/mol. The molecule has 1 rings (SSSR count). The van der Waals surface area contributed by atoms with Gasteiger partial charge in [0.05, 0.1) is 12.6 Å². The minimum Gasteiger partial charge on any atom is -0.444 e. The van der Waals surface area contributed by atoms with Crippen molar-refractivity contribution in [2.24, 2.45) is 0 Å². The average molecular weight is 275 g/mol. The number of hydrogen-bond acceptors (Lipinski definition) is 3. The fraction of sp³-hybridized carbons (Fsp3) is 0.438. The Balaban J connectivity index is 2.78. The number of amides is 1. The maximum atomic E-state index is 11.8. The van der Waals surface area contributed by atoms with Gasteiger partial charge in [0.2, 0.25) is 0 Å². The van der Waals surface area contributed by atoms with E-state index in [1.54, 1.807) is 7.11 Å². The van der Waals surface area contributed by atoms with Crippen LogP contribution in [0, 0.1) is 12.3 Å². The molecule has 1 amide bonds. The molecule has 4 heteroatoms. The first-order valence-corrected chi connectivity index (χ1v) is 6.40. The van der Waals surface area contributed by atoms with Crippen LogP contribution in [0.4, 0.5) is 4.79 Å². The van der Waals surface area contributed by atoms with Crippen LogP contribution in [0.3, 0.4) is 0 Å². The van der Waals surface area contributed by atoms with Crippen LogP contribution in [0.1, 0.15) is 37.9 Å². The lowest BCUT2D eigenvalue weighted by Crippen LogP contribution is -2.36. The predicted octanol–water partition coefficient (Wildman–Crippen LogP) is 2.88. The van der Waals surface area contributed by atoms with Crippen molar-refractivity contribution in [1.82, 2.24) is 5.32 Å². The number of carbonyl (C=O) groups is 1. The molecular formula is C16H21NO3. The van der Waals surface area contributed by atoms with Crippen molar-refractivity contribution in [1.29, 1.82) is 0 Å². The van der Waals surface area contributed by atoms with Gasteiger partial charge in [0.15, 0.2) is 0 Å². The summed E-state index contributed by atoms with van der Waals surface area (Å²) >= 11 is 0. The molecular weight excluding hydrogens is 254 g/mol. The van der Waals surface area contributed by atoms with E-state index >= 15 is 0 Å². The van der Waals surface area contributed by atoms with Crippen LogP contribution in [-0.4, -0.2) is 25.4 Å². The monoisotopic (exact) mass is 275 g/mol. The summed E-state index contributed by atoms with van der Waals surface area (Å²) in [5, 5.41) is 2.79. The molecule has 0 bridgehead atoms. The topological polar surface area (TPSA) is 47.6 Å². The summed E-state index contributed by atoms with van der Waals surface area (Å²) < 4.78 is 10.4. The molecule has 1 aromatic rings. The van der Waals surface area contributed by atoms with Gasteiger partial charge < -0.3 is 14.8 Å². The normalized spacial score (nSPS) is 12.3. The van der Waals surface area contributed by atoms with E-state index in [0.29, 0.717) is 6.61 Å². The van der Waals surface area contributed by atoms with Crippen LogP contribution in [0.5, 0.6) is 0 Å². The number of nitrogens with one attached hydrogen (secondary N) is 1. The molecule has 0 aliphatic rings. The van der Waals surface area contributed by atoms with E-state index in [9.17, 15) is 4.79 Å². The summed E-state index contributed by atoms with van der Waals surface area (Å²) in [6.45, 7) is 5.81. The van der Waals surface area contributed by atoms with Crippen molar-refractivity contribution >= 4 is 6.09 Å². The Kier molecular flexibility index (Phi) is 5.60. The number of benzene rings is 1. The van der Waals surface area contributed by atoms with Gasteiger partial charge in [0, 0.05) is 12.7 Å². The molecule has 1 atom stereocenters. The van der Waals surface area contributed by atoms with E-state index in [1.807, 2.05) is 45.0 Å². The fourth-order valence-corrected chi connectivity index (χ4v) is 1.65. The van der Waals surface area contributed by atoms with Crippen LogP contribution >= 0.6 is 0 Å². The molecule has 0 aliphatic carbocycles. The second kappa shape index (κ2) is 6.97. The maximum Gasteiger partial charge on any atom is 0.408 e. The lowest BCUT2D eigenvalue weighted by Gasteiger charge is -2.23. The van der Waals surface area contributed by atoms with Crippen molar-refractivity contribution in [2.75, 3.05) is 13.7 Å². The Hall–Kier alpha value is -1.99. The smallest absolute Gasteiger partial charge is 0.408 e. The highest BCUT2D eigenvalue weighted by atomic mass is 16.6. The van der Waals surface area contributed by atoms with Gasteiger partial charge in [-0.1, -0.05) is 18.1 Å². The average Bonchev–Trinajstić information content (AvgIpc) is 2.36. The molecule has 0 saturated carbocycles. The highest BCUT2D eigenvalue weighted by Crippen LogP contribution is 2.16. The van der Waals surface area contributed by atoms with Gasteiger partial charge in [-0.25, -0.2) is 4.79 Å². The molecule has 4 nitrogen and oxygen atoms in total. The second-order valence-electron chi connectivity index (χ2n) is 5.42. The van der Waals surface area contributed by atoms with Crippen molar-refractivity contribution in [3.05, 3.63) is 35.4 Å². The standard InChI is InChI=1S/C16H21NO3/c1-6-12-7-9-13(10-8-12)14(11-19-5)17-15(18)20-16(2,3)4/h1,7-10,14H,11H2,2-5H3,(H,17,18)/t14-/m1/s1. The SMILES string of the molecule is C#Cc1ccc([C@@H](COC)NC(=O)OC(C)(C)C)cc1. The zero-order chi connectivity index (χ0) is 15.2. The van der Waals surface area contributed by atoms with Gasteiger partial charge in [0.25, 0.3) is 0 Å². The highest BCUT2D eigenvalue weighted by molar-refractivity contribution is 5.68. The minimum atomic E-state index is -0.533. The number of ether oxygens (including phenoxy) is 2. The molecule has 0 radical (unpaired) electrons. The first-order chi connectivity index (χ1) is 9.35. The molecule has 20 heavy (non-hydrogen) atoms. The number of methoxy groups -OCH3 is 1. The Morgan fingerprint density at radius 2 is 1.95 bits per heavy atom. The molecule has 0 aliphatic heterocycles. The third-order valence-corrected chi connectivity index (χ3v) is 2.50. The number of alkyl carbamates (subject to hydrolysis) is 1. The van der Waals surface area contributed by atoms with Gasteiger partial charge in [-0.05, 0) is 38.5 Å². The van der Waals surface area contributed by atoms with Crippen molar-refractivity contribution in [2.45, 2.75) is 32.4 Å². The Morgan fingerprint density at radius 3 is 2.40 bits per heavy atom. The summed E-state index contributed by atoms with van der Waals surface area (Å²) in [7, 11) is 1.58. The molecule has 0 spiro atoms. The molecule has 1 N–H and O–H groups in total. The number of carbonyl (C=O) groups excluding carboxylic acids is 1. The Morgan fingerprint density at radius 1 is 1.35 bits per heavy atom. The Bertz CT molecular complexity index is 480. The zero-order valence-electron chi connectivity index (χ0n) is 12.4. The number of terminal acetylenes is 1. The second-order valence-corrected chi connectivity index (χ2v) is 5.42. The zero-order valence-corrected chi connectivity index (χ0v) is 12.4. The van der Waals surface area contributed by atoms with Crippen molar-refractivity contribution in [3.8, 4) is 12.3 Å². The largest absolute Gasteiger partial charge is 0.444 e.